The molecule has 2 aromatic carbocycles. The summed E-state index contributed by atoms with van der Waals surface area (Å²) in [4.78, 5) is 27.1. The first-order valence-corrected chi connectivity index (χ1v) is 9.86. The lowest BCUT2D eigenvalue weighted by Crippen LogP contribution is -2.35. The maximum Gasteiger partial charge on any atom is 0.227 e. The average molecular weight is 396 g/mol. The van der Waals surface area contributed by atoms with Crippen molar-refractivity contribution in [2.75, 3.05) is 25.7 Å². The van der Waals surface area contributed by atoms with Gasteiger partial charge in [-0.2, -0.15) is 0 Å². The molecule has 1 fully saturated rings. The second kappa shape index (κ2) is 8.99. The number of methoxy groups -OCH3 is 2. The summed E-state index contributed by atoms with van der Waals surface area (Å²) in [7, 11) is 3.13. The second-order valence-electron chi connectivity index (χ2n) is 7.32. The number of hydrogen-bond donors (Lipinski definition) is 1. The van der Waals surface area contributed by atoms with Crippen molar-refractivity contribution in [1.82, 2.24) is 5.32 Å². The topological polar surface area (TPSA) is 67.9 Å². The van der Waals surface area contributed by atoms with Gasteiger partial charge in [0.15, 0.2) is 0 Å². The van der Waals surface area contributed by atoms with Gasteiger partial charge in [0.1, 0.15) is 11.5 Å². The molecule has 0 spiro atoms. The lowest BCUT2D eigenvalue weighted by Gasteiger charge is -2.22. The minimum atomic E-state index is -0.395. The molecule has 1 aliphatic rings. The molecule has 1 saturated heterocycles. The molecule has 0 aromatic heterocycles. The quantitative estimate of drug-likeness (QED) is 0.776. The van der Waals surface area contributed by atoms with Gasteiger partial charge in [-0.05, 0) is 31.0 Å². The molecule has 3 rings (SSSR count). The summed E-state index contributed by atoms with van der Waals surface area (Å²) < 4.78 is 10.6. The van der Waals surface area contributed by atoms with Gasteiger partial charge in [0.05, 0.1) is 31.9 Å². The Hall–Kier alpha value is -3.02. The van der Waals surface area contributed by atoms with E-state index in [0.717, 1.165) is 12.0 Å². The van der Waals surface area contributed by atoms with Crippen molar-refractivity contribution in [2.24, 2.45) is 5.92 Å². The van der Waals surface area contributed by atoms with Crippen molar-refractivity contribution in [3.8, 4) is 11.5 Å². The number of anilines is 1. The van der Waals surface area contributed by atoms with Gasteiger partial charge >= 0.3 is 0 Å². The van der Waals surface area contributed by atoms with E-state index in [1.165, 1.54) is 5.56 Å². The molecule has 2 atom stereocenters. The number of carbonyl (C=O) groups excluding carboxylic acids is 2. The predicted molar refractivity (Wildman–Crippen MR) is 112 cm³/mol. The van der Waals surface area contributed by atoms with E-state index in [1.54, 1.807) is 37.3 Å². The van der Waals surface area contributed by atoms with Crippen LogP contribution < -0.4 is 19.7 Å². The third kappa shape index (κ3) is 4.53. The Bertz CT molecular complexity index is 879. The minimum absolute atomic E-state index is 0.0669. The van der Waals surface area contributed by atoms with Gasteiger partial charge in [-0.3, -0.25) is 9.59 Å². The minimum Gasteiger partial charge on any atom is -0.497 e. The van der Waals surface area contributed by atoms with Crippen LogP contribution in [0.3, 0.4) is 0 Å². The van der Waals surface area contributed by atoms with Crippen molar-refractivity contribution in [3.05, 3.63) is 53.6 Å². The molecule has 2 amide bonds. The summed E-state index contributed by atoms with van der Waals surface area (Å²) in [5, 5.41) is 3.11. The van der Waals surface area contributed by atoms with Crippen molar-refractivity contribution >= 4 is 17.5 Å². The van der Waals surface area contributed by atoms with E-state index in [9.17, 15) is 9.59 Å². The van der Waals surface area contributed by atoms with Crippen LogP contribution in [0.15, 0.2) is 42.5 Å². The molecule has 0 aliphatic carbocycles. The van der Waals surface area contributed by atoms with Crippen LogP contribution in [0, 0.1) is 12.8 Å². The zero-order valence-corrected chi connectivity index (χ0v) is 17.4. The second-order valence-corrected chi connectivity index (χ2v) is 7.32. The summed E-state index contributed by atoms with van der Waals surface area (Å²) in [5.41, 5.74) is 2.91. The molecule has 1 N–H and O–H groups in total. The molecular formula is C23H28N2O4. The normalized spacial score (nSPS) is 17.2. The molecule has 1 aliphatic heterocycles. The summed E-state index contributed by atoms with van der Waals surface area (Å²) in [6, 6.07) is 13.4. The average Bonchev–Trinajstić information content (AvgIpc) is 3.13. The van der Waals surface area contributed by atoms with Crippen molar-refractivity contribution < 1.29 is 19.1 Å². The number of nitrogens with one attached hydrogen (secondary N) is 1. The Labute approximate surface area is 171 Å². The van der Waals surface area contributed by atoms with E-state index in [2.05, 4.69) is 5.32 Å². The van der Waals surface area contributed by atoms with E-state index >= 15 is 0 Å². The molecule has 2 aromatic rings. The number of hydrogen-bond acceptors (Lipinski definition) is 4. The molecule has 0 bridgehead atoms. The van der Waals surface area contributed by atoms with Crippen LogP contribution in [0.4, 0.5) is 5.69 Å². The van der Waals surface area contributed by atoms with Crippen molar-refractivity contribution in [1.29, 1.82) is 0 Å². The lowest BCUT2D eigenvalue weighted by molar-refractivity contribution is -0.127. The van der Waals surface area contributed by atoms with E-state index < -0.39 is 5.92 Å². The van der Waals surface area contributed by atoms with Crippen LogP contribution in [0.25, 0.3) is 0 Å². The molecule has 1 heterocycles. The third-order valence-corrected chi connectivity index (χ3v) is 5.38. The number of nitrogens with zero attached hydrogens (tertiary/aromatic N) is 1. The Morgan fingerprint density at radius 2 is 1.90 bits per heavy atom. The van der Waals surface area contributed by atoms with Gasteiger partial charge in [-0.1, -0.05) is 36.8 Å². The van der Waals surface area contributed by atoms with Gasteiger partial charge in [-0.25, -0.2) is 0 Å². The fourth-order valence-electron chi connectivity index (χ4n) is 3.63. The van der Waals surface area contributed by atoms with Gasteiger partial charge in [-0.15, -0.1) is 0 Å². The first-order valence-electron chi connectivity index (χ1n) is 9.86. The maximum absolute atomic E-state index is 12.9. The monoisotopic (exact) mass is 396 g/mol. The fourth-order valence-corrected chi connectivity index (χ4v) is 3.63. The smallest absolute Gasteiger partial charge is 0.227 e. The number of carbonyl (C=O) groups is 2. The Morgan fingerprint density at radius 1 is 1.17 bits per heavy atom. The summed E-state index contributed by atoms with van der Waals surface area (Å²) in [6.45, 7) is 4.41. The Kier molecular flexibility index (Phi) is 6.42. The SMILES string of the molecule is CCC(NC(=O)C1CC(=O)N(c2ccc(OC)cc2OC)C1)c1ccc(C)cc1. The van der Waals surface area contributed by atoms with Gasteiger partial charge in [0.2, 0.25) is 11.8 Å². The number of amides is 2. The molecule has 6 nitrogen and oxygen atoms in total. The number of benzene rings is 2. The largest absolute Gasteiger partial charge is 0.497 e. The summed E-state index contributed by atoms with van der Waals surface area (Å²) in [5.74, 6) is 0.617. The lowest BCUT2D eigenvalue weighted by atomic mass is 10.0. The van der Waals surface area contributed by atoms with Crippen LogP contribution in [-0.2, 0) is 9.59 Å². The van der Waals surface area contributed by atoms with E-state index in [0.29, 0.717) is 23.7 Å². The highest BCUT2D eigenvalue weighted by molar-refractivity contribution is 6.01. The molecular weight excluding hydrogens is 368 g/mol. The molecule has 29 heavy (non-hydrogen) atoms. The molecule has 154 valence electrons. The van der Waals surface area contributed by atoms with E-state index in [-0.39, 0.29) is 24.3 Å². The van der Waals surface area contributed by atoms with Gasteiger partial charge in [0, 0.05) is 19.0 Å². The van der Waals surface area contributed by atoms with Gasteiger partial charge in [0.25, 0.3) is 0 Å². The van der Waals surface area contributed by atoms with Crippen LogP contribution in [0.5, 0.6) is 11.5 Å². The van der Waals surface area contributed by atoms with E-state index in [1.807, 2.05) is 38.1 Å². The van der Waals surface area contributed by atoms with Gasteiger partial charge < -0.3 is 19.7 Å². The van der Waals surface area contributed by atoms with E-state index in [4.69, 9.17) is 9.47 Å². The standard InChI is InChI=1S/C23H28N2O4/c1-5-19(16-8-6-15(2)7-9-16)24-23(27)17-12-22(26)25(14-17)20-11-10-18(28-3)13-21(20)29-4/h6-11,13,17,19H,5,12,14H2,1-4H3,(H,24,27). The van der Waals surface area contributed by atoms with Crippen molar-refractivity contribution in [2.45, 2.75) is 32.7 Å². The zero-order valence-electron chi connectivity index (χ0n) is 17.4. The Morgan fingerprint density at radius 3 is 2.52 bits per heavy atom. The van der Waals surface area contributed by atoms with Crippen LogP contribution in [0.2, 0.25) is 0 Å². The number of ether oxygens (including phenoxy) is 2. The van der Waals surface area contributed by atoms with Crippen LogP contribution in [0.1, 0.15) is 36.9 Å². The highest BCUT2D eigenvalue weighted by atomic mass is 16.5. The fraction of sp³-hybridized carbons (Fsp3) is 0.391. The summed E-state index contributed by atoms with van der Waals surface area (Å²) in [6.07, 6.45) is 0.969. The van der Waals surface area contributed by atoms with Crippen LogP contribution >= 0.6 is 0 Å². The highest BCUT2D eigenvalue weighted by Gasteiger charge is 2.37. The predicted octanol–water partition coefficient (Wildman–Crippen LogP) is 3.63. The molecule has 2 unspecified atom stereocenters. The molecule has 0 radical (unpaired) electrons. The molecule has 6 heteroatoms. The summed E-state index contributed by atoms with van der Waals surface area (Å²) >= 11 is 0. The highest BCUT2D eigenvalue weighted by Crippen LogP contribution is 2.36. The first-order chi connectivity index (χ1) is 14.0. The molecule has 0 saturated carbocycles. The third-order valence-electron chi connectivity index (χ3n) is 5.38. The maximum atomic E-state index is 12.9. The van der Waals surface area contributed by atoms with Crippen molar-refractivity contribution in [3.63, 3.8) is 0 Å². The first kappa shape index (κ1) is 20.7. The van der Waals surface area contributed by atoms with Crippen LogP contribution in [-0.4, -0.2) is 32.6 Å². The number of aryl methyl sites for hydroxylation is 1. The number of rotatable bonds is 7. The zero-order chi connectivity index (χ0) is 21.0. The Balaban J connectivity index is 1.72.